The van der Waals surface area contributed by atoms with Gasteiger partial charge in [-0.05, 0) is 0 Å². The van der Waals surface area contributed by atoms with Gasteiger partial charge in [0.1, 0.15) is 17.8 Å². The van der Waals surface area contributed by atoms with Crippen LogP contribution in [-0.2, 0) is 14.9 Å². The fourth-order valence-electron chi connectivity index (χ4n) is 2.35. The van der Waals surface area contributed by atoms with Gasteiger partial charge in [0, 0.05) is 6.42 Å². The molecular formula is C10H13N5O6S. The molecule has 0 spiro atoms. The zero-order valence-electron chi connectivity index (χ0n) is 11.1. The quantitative estimate of drug-likeness (QED) is 0.374. The van der Waals surface area contributed by atoms with Gasteiger partial charge in [-0.1, -0.05) is 0 Å². The maximum absolute atomic E-state index is 11.3. The van der Waals surface area contributed by atoms with Crippen LogP contribution in [0.2, 0.25) is 0 Å². The third kappa shape index (κ3) is 2.40. The molecule has 1 aliphatic rings. The standard InChI is InChI=1S/C10H13N5O6S/c11-10-13-8-7(9(14-10)22(18,19)20)12-3-15(8)6-1-4(17)5(2-16)21-6/h3-6,16-17H,1-2H2,(H2,11,13,14)(H,18,19,20)/t4-,5+,6+/m0/s1. The Kier molecular flexibility index (Phi) is 3.49. The van der Waals surface area contributed by atoms with E-state index in [1.54, 1.807) is 0 Å². The average molecular weight is 331 g/mol. The van der Waals surface area contributed by atoms with Crippen molar-refractivity contribution in [3.63, 3.8) is 0 Å². The highest BCUT2D eigenvalue weighted by Gasteiger charge is 2.36. The van der Waals surface area contributed by atoms with Crippen LogP contribution in [0.15, 0.2) is 11.4 Å². The van der Waals surface area contributed by atoms with Crippen molar-refractivity contribution in [2.24, 2.45) is 0 Å². The van der Waals surface area contributed by atoms with Gasteiger partial charge in [-0.25, -0.2) is 4.98 Å². The van der Waals surface area contributed by atoms with Gasteiger partial charge in [-0.3, -0.25) is 9.12 Å². The van der Waals surface area contributed by atoms with Crippen LogP contribution in [0.4, 0.5) is 5.95 Å². The van der Waals surface area contributed by atoms with E-state index in [1.165, 1.54) is 10.9 Å². The van der Waals surface area contributed by atoms with Crippen LogP contribution >= 0.6 is 0 Å². The van der Waals surface area contributed by atoms with E-state index in [4.69, 9.17) is 15.6 Å². The van der Waals surface area contributed by atoms with Crippen LogP contribution in [0.5, 0.6) is 0 Å². The highest BCUT2D eigenvalue weighted by Crippen LogP contribution is 2.31. The van der Waals surface area contributed by atoms with Gasteiger partial charge in [0.25, 0.3) is 0 Å². The summed E-state index contributed by atoms with van der Waals surface area (Å²) in [4.78, 5) is 11.2. The normalized spacial score (nSPS) is 25.9. The van der Waals surface area contributed by atoms with Gasteiger partial charge < -0.3 is 20.7 Å². The van der Waals surface area contributed by atoms with Gasteiger partial charge >= 0.3 is 10.1 Å². The lowest BCUT2D eigenvalue weighted by atomic mass is 10.2. The number of ether oxygens (including phenoxy) is 1. The van der Waals surface area contributed by atoms with Gasteiger partial charge in [0.15, 0.2) is 5.65 Å². The molecule has 1 fully saturated rings. The average Bonchev–Trinajstić information content (AvgIpc) is 2.99. The Hall–Kier alpha value is -1.86. The summed E-state index contributed by atoms with van der Waals surface area (Å²) in [7, 11) is -4.63. The number of aliphatic hydroxyl groups is 2. The number of hydrogen-bond donors (Lipinski definition) is 4. The lowest BCUT2D eigenvalue weighted by Crippen LogP contribution is -2.24. The van der Waals surface area contributed by atoms with Crippen molar-refractivity contribution in [1.29, 1.82) is 0 Å². The van der Waals surface area contributed by atoms with Crippen molar-refractivity contribution < 1.29 is 27.9 Å². The number of rotatable bonds is 3. The Balaban J connectivity index is 2.12. The number of aliphatic hydroxyl groups excluding tert-OH is 2. The van der Waals surface area contributed by atoms with Crippen molar-refractivity contribution in [3.8, 4) is 0 Å². The fraction of sp³-hybridized carbons (Fsp3) is 0.500. The molecule has 0 saturated carbocycles. The van der Waals surface area contributed by atoms with E-state index in [9.17, 15) is 18.1 Å². The second-order valence-corrected chi connectivity index (χ2v) is 6.14. The number of fused-ring (bicyclic) bond motifs is 1. The highest BCUT2D eigenvalue weighted by atomic mass is 32.2. The molecule has 5 N–H and O–H groups in total. The van der Waals surface area contributed by atoms with Crippen molar-refractivity contribution in [1.82, 2.24) is 19.5 Å². The fourth-order valence-corrected chi connectivity index (χ4v) is 2.94. The first-order valence-electron chi connectivity index (χ1n) is 6.23. The molecule has 3 rings (SSSR count). The predicted molar refractivity (Wildman–Crippen MR) is 71.2 cm³/mol. The molecule has 11 nitrogen and oxygen atoms in total. The van der Waals surface area contributed by atoms with Gasteiger partial charge in [-0.2, -0.15) is 18.4 Å². The molecule has 3 atom stereocenters. The summed E-state index contributed by atoms with van der Waals surface area (Å²) in [5.41, 5.74) is 5.33. The maximum Gasteiger partial charge on any atom is 0.314 e. The Bertz CT molecular complexity index is 821. The molecule has 0 bridgehead atoms. The smallest absolute Gasteiger partial charge is 0.314 e. The summed E-state index contributed by atoms with van der Waals surface area (Å²) in [6.45, 7) is -0.363. The second-order valence-electron chi connectivity index (χ2n) is 4.80. The molecule has 0 unspecified atom stereocenters. The zero-order chi connectivity index (χ0) is 16.1. The first-order chi connectivity index (χ1) is 10.3. The Morgan fingerprint density at radius 3 is 2.77 bits per heavy atom. The number of anilines is 1. The highest BCUT2D eigenvalue weighted by molar-refractivity contribution is 7.86. The summed E-state index contributed by atoms with van der Waals surface area (Å²) >= 11 is 0. The van der Waals surface area contributed by atoms with Crippen LogP contribution in [0.1, 0.15) is 12.6 Å². The van der Waals surface area contributed by atoms with E-state index in [0.29, 0.717) is 0 Å². The third-order valence-corrected chi connectivity index (χ3v) is 4.12. The molecule has 12 heteroatoms. The Morgan fingerprint density at radius 2 is 2.18 bits per heavy atom. The van der Waals surface area contributed by atoms with E-state index < -0.39 is 33.6 Å². The van der Waals surface area contributed by atoms with E-state index in [0.717, 1.165) is 0 Å². The predicted octanol–water partition coefficient (Wildman–Crippen LogP) is -1.70. The number of imidazole rings is 1. The Morgan fingerprint density at radius 1 is 1.45 bits per heavy atom. The van der Waals surface area contributed by atoms with Crippen molar-refractivity contribution in [2.45, 2.75) is 29.9 Å². The minimum Gasteiger partial charge on any atom is -0.394 e. The molecule has 0 aromatic carbocycles. The van der Waals surface area contributed by atoms with Gasteiger partial charge in [-0.15, -0.1) is 0 Å². The monoisotopic (exact) mass is 331 g/mol. The zero-order valence-corrected chi connectivity index (χ0v) is 11.9. The van der Waals surface area contributed by atoms with Gasteiger partial charge in [0.05, 0.1) is 19.0 Å². The van der Waals surface area contributed by atoms with E-state index in [1.807, 2.05) is 0 Å². The number of nitrogens with two attached hydrogens (primary N) is 1. The summed E-state index contributed by atoms with van der Waals surface area (Å²) < 4.78 is 38.7. The van der Waals surface area contributed by atoms with Crippen LogP contribution in [0.25, 0.3) is 11.2 Å². The van der Waals surface area contributed by atoms with Crippen LogP contribution in [-0.4, -0.2) is 61.5 Å². The maximum atomic E-state index is 11.3. The molecule has 0 amide bonds. The first-order valence-corrected chi connectivity index (χ1v) is 7.67. The summed E-state index contributed by atoms with van der Waals surface area (Å²) in [6, 6.07) is 0. The minimum absolute atomic E-state index is 0.0379. The number of nitrogens with zero attached hydrogens (tertiary/aromatic N) is 4. The van der Waals surface area contributed by atoms with E-state index in [2.05, 4.69) is 15.0 Å². The SMILES string of the molecule is Nc1nc(S(=O)(=O)O)c2ncn([C@H]3C[C@H](O)[C@@H](CO)O3)c2n1. The van der Waals surface area contributed by atoms with Crippen LogP contribution < -0.4 is 5.73 Å². The summed E-state index contributed by atoms with van der Waals surface area (Å²) in [5, 5.41) is 18.1. The number of nitrogen functional groups attached to an aromatic ring is 1. The van der Waals surface area contributed by atoms with E-state index >= 15 is 0 Å². The minimum atomic E-state index is -4.63. The molecule has 120 valence electrons. The summed E-state index contributed by atoms with van der Waals surface area (Å²) in [5.74, 6) is -0.362. The number of hydrogen-bond acceptors (Lipinski definition) is 9. The van der Waals surface area contributed by atoms with Crippen molar-refractivity contribution in [3.05, 3.63) is 6.33 Å². The van der Waals surface area contributed by atoms with Crippen molar-refractivity contribution >= 4 is 27.2 Å². The molecule has 0 radical (unpaired) electrons. The molecule has 2 aromatic heterocycles. The second kappa shape index (κ2) is 5.10. The Labute approximate surface area is 124 Å². The molecule has 1 saturated heterocycles. The topological polar surface area (TPSA) is 174 Å². The third-order valence-electron chi connectivity index (χ3n) is 3.35. The molecule has 0 aliphatic carbocycles. The first kappa shape index (κ1) is 15.1. The molecule has 22 heavy (non-hydrogen) atoms. The van der Waals surface area contributed by atoms with Crippen LogP contribution in [0.3, 0.4) is 0 Å². The lowest BCUT2D eigenvalue weighted by molar-refractivity contribution is -0.0432. The molecule has 1 aliphatic heterocycles. The molecular weight excluding hydrogens is 318 g/mol. The van der Waals surface area contributed by atoms with Gasteiger partial charge in [0.2, 0.25) is 11.0 Å². The largest absolute Gasteiger partial charge is 0.394 e. The summed E-state index contributed by atoms with van der Waals surface area (Å²) in [6.07, 6.45) is -0.956. The van der Waals surface area contributed by atoms with E-state index in [-0.39, 0.29) is 30.1 Å². The van der Waals surface area contributed by atoms with Crippen LogP contribution in [0, 0.1) is 0 Å². The lowest BCUT2D eigenvalue weighted by Gasteiger charge is -2.13. The van der Waals surface area contributed by atoms with Crippen molar-refractivity contribution in [2.75, 3.05) is 12.3 Å². The molecule has 2 aromatic rings. The number of aromatic nitrogens is 4. The molecule has 3 heterocycles.